The fourth-order valence-electron chi connectivity index (χ4n) is 10.5. The van der Waals surface area contributed by atoms with Crippen molar-refractivity contribution in [3.8, 4) is 22.3 Å². The molecule has 0 N–H and O–H groups in total. The largest absolute Gasteiger partial charge is 0.455 e. The molecule has 0 atom stereocenters. The van der Waals surface area contributed by atoms with Crippen molar-refractivity contribution >= 4 is 71.7 Å². The molecule has 3 nitrogen and oxygen atoms in total. The number of para-hydroxylation sites is 3. The van der Waals surface area contributed by atoms with Crippen molar-refractivity contribution < 1.29 is 8.83 Å². The van der Waals surface area contributed by atoms with Crippen molar-refractivity contribution in [1.82, 2.24) is 0 Å². The maximum Gasteiger partial charge on any atom is 0.144 e. The summed E-state index contributed by atoms with van der Waals surface area (Å²) in [4.78, 5) is 2.39. The summed E-state index contributed by atoms with van der Waals surface area (Å²) in [5.41, 5.74) is 15.7. The molecule has 10 aromatic carbocycles. The normalized spacial score (nSPS) is 13.0. The highest BCUT2D eigenvalue weighted by atomic mass is 16.3. The molecule has 0 aliphatic heterocycles. The Morgan fingerprint density at radius 1 is 0.323 bits per heavy atom. The van der Waals surface area contributed by atoms with Crippen LogP contribution in [0.4, 0.5) is 17.1 Å². The van der Waals surface area contributed by atoms with Gasteiger partial charge in [-0.3, -0.25) is 0 Å². The Labute approximate surface area is 358 Å². The number of nitrogens with zero attached hydrogens (tertiary/aromatic N) is 1. The van der Waals surface area contributed by atoms with E-state index in [1.165, 1.54) is 33.4 Å². The first-order chi connectivity index (χ1) is 30.8. The van der Waals surface area contributed by atoms with Gasteiger partial charge in [0, 0.05) is 49.7 Å². The number of furan rings is 2. The smallest absolute Gasteiger partial charge is 0.144 e. The molecule has 0 radical (unpaired) electrons. The Bertz CT molecular complexity index is 3660. The summed E-state index contributed by atoms with van der Waals surface area (Å²) in [6.45, 7) is 0. The highest BCUT2D eigenvalue weighted by Gasteiger charge is 2.46. The van der Waals surface area contributed by atoms with Gasteiger partial charge in [0.15, 0.2) is 0 Å². The summed E-state index contributed by atoms with van der Waals surface area (Å²) in [6, 6.07) is 80.9. The van der Waals surface area contributed by atoms with Gasteiger partial charge >= 0.3 is 0 Å². The van der Waals surface area contributed by atoms with Crippen LogP contribution in [0.3, 0.4) is 0 Å². The average molecular weight is 792 g/mol. The molecule has 13 rings (SSSR count). The molecule has 3 heteroatoms. The van der Waals surface area contributed by atoms with E-state index in [0.717, 1.165) is 82.8 Å². The van der Waals surface area contributed by atoms with Crippen LogP contribution in [0.2, 0.25) is 0 Å². The van der Waals surface area contributed by atoms with Crippen LogP contribution in [0.15, 0.2) is 233 Å². The van der Waals surface area contributed by atoms with Crippen molar-refractivity contribution in [3.05, 3.63) is 247 Å². The van der Waals surface area contributed by atoms with Crippen LogP contribution in [0.5, 0.6) is 0 Å². The van der Waals surface area contributed by atoms with Gasteiger partial charge in [0.1, 0.15) is 22.3 Å². The molecular formula is C59H37NO2. The van der Waals surface area contributed by atoms with Gasteiger partial charge in [-0.05, 0) is 98.8 Å². The van der Waals surface area contributed by atoms with Crippen LogP contribution in [0, 0.1) is 0 Å². The van der Waals surface area contributed by atoms with Gasteiger partial charge in [0.2, 0.25) is 0 Å². The molecule has 1 aliphatic carbocycles. The minimum absolute atomic E-state index is 0.516. The number of hydrogen-bond donors (Lipinski definition) is 0. The first-order valence-electron chi connectivity index (χ1n) is 21.2. The number of anilines is 3. The lowest BCUT2D eigenvalue weighted by Crippen LogP contribution is -2.28. The molecule has 62 heavy (non-hydrogen) atoms. The molecule has 0 saturated heterocycles. The van der Waals surface area contributed by atoms with E-state index in [1.54, 1.807) is 0 Å². The third-order valence-corrected chi connectivity index (χ3v) is 13.1. The number of hydrogen-bond acceptors (Lipinski definition) is 3. The Balaban J connectivity index is 1.05. The van der Waals surface area contributed by atoms with Gasteiger partial charge in [0.25, 0.3) is 0 Å². The van der Waals surface area contributed by atoms with Gasteiger partial charge in [-0.1, -0.05) is 170 Å². The van der Waals surface area contributed by atoms with E-state index in [9.17, 15) is 0 Å². The first-order valence-corrected chi connectivity index (χ1v) is 21.2. The van der Waals surface area contributed by atoms with E-state index in [0.29, 0.717) is 0 Å². The SMILES string of the molecule is c1ccc(N(c2ccc3c(c2)C(c2ccccc2)(c2ccccc2)c2ccccc2-3)c2ccc3oc4c(-c5cccc6c5oc5ccccc56)c5ccccc5cc4c3c2)cc1. The summed E-state index contributed by atoms with van der Waals surface area (Å²) in [6.07, 6.45) is 0. The van der Waals surface area contributed by atoms with Crippen LogP contribution in [0.25, 0.3) is 76.9 Å². The quantitative estimate of drug-likeness (QED) is 0.168. The monoisotopic (exact) mass is 791 g/mol. The molecule has 0 fully saturated rings. The molecule has 0 amide bonds. The molecule has 290 valence electrons. The fraction of sp³-hybridized carbons (Fsp3) is 0.0169. The standard InChI is InChI=1S/C59H37NO2/c1-4-18-39(19-5-1)59(40-20-6-2-7-21-40)52-29-14-12-25-45(52)46-33-31-43(37-53(46)59)60(41-22-8-3-9-23-41)42-32-34-55-50(36-42)51-35-38-17-10-11-24-44(38)56(58(51)62-55)49-28-16-27-48-47-26-13-15-30-54(47)61-57(48)49/h1-37H. The van der Waals surface area contributed by atoms with Crippen molar-refractivity contribution in [2.45, 2.75) is 5.41 Å². The summed E-state index contributed by atoms with van der Waals surface area (Å²) < 4.78 is 13.6. The Hall–Kier alpha value is -8.14. The summed E-state index contributed by atoms with van der Waals surface area (Å²) in [7, 11) is 0. The molecule has 0 bridgehead atoms. The Kier molecular flexibility index (Phi) is 7.52. The molecule has 1 aliphatic rings. The topological polar surface area (TPSA) is 29.5 Å². The van der Waals surface area contributed by atoms with Crippen LogP contribution < -0.4 is 4.90 Å². The number of rotatable bonds is 6. The minimum Gasteiger partial charge on any atom is -0.455 e. The molecule has 2 aromatic heterocycles. The lowest BCUT2D eigenvalue weighted by atomic mass is 9.67. The third kappa shape index (κ3) is 4.94. The fourth-order valence-corrected chi connectivity index (χ4v) is 10.5. The van der Waals surface area contributed by atoms with Gasteiger partial charge in [0.05, 0.1) is 5.41 Å². The second kappa shape index (κ2) is 13.4. The van der Waals surface area contributed by atoms with E-state index in [4.69, 9.17) is 8.83 Å². The number of benzene rings is 10. The molecule has 0 saturated carbocycles. The summed E-state index contributed by atoms with van der Waals surface area (Å²) in [5.74, 6) is 0. The summed E-state index contributed by atoms with van der Waals surface area (Å²) >= 11 is 0. The van der Waals surface area contributed by atoms with Crippen LogP contribution in [-0.4, -0.2) is 0 Å². The average Bonchev–Trinajstić information content (AvgIpc) is 4.00. The van der Waals surface area contributed by atoms with E-state index in [2.05, 4.69) is 217 Å². The molecule has 0 spiro atoms. The lowest BCUT2D eigenvalue weighted by molar-refractivity contribution is 0.665. The lowest BCUT2D eigenvalue weighted by Gasteiger charge is -2.35. The Morgan fingerprint density at radius 2 is 0.903 bits per heavy atom. The van der Waals surface area contributed by atoms with Gasteiger partial charge < -0.3 is 13.7 Å². The van der Waals surface area contributed by atoms with Crippen molar-refractivity contribution in [2.24, 2.45) is 0 Å². The summed E-state index contributed by atoms with van der Waals surface area (Å²) in [5, 5.41) is 6.59. The zero-order valence-electron chi connectivity index (χ0n) is 33.6. The van der Waals surface area contributed by atoms with Gasteiger partial charge in [-0.15, -0.1) is 0 Å². The highest BCUT2D eigenvalue weighted by molar-refractivity contribution is 6.22. The maximum atomic E-state index is 6.98. The van der Waals surface area contributed by atoms with Gasteiger partial charge in [-0.2, -0.15) is 0 Å². The predicted octanol–water partition coefficient (Wildman–Crippen LogP) is 16.1. The zero-order chi connectivity index (χ0) is 40.8. The predicted molar refractivity (Wildman–Crippen MR) is 256 cm³/mol. The highest BCUT2D eigenvalue weighted by Crippen LogP contribution is 2.57. The van der Waals surface area contributed by atoms with Crippen LogP contribution >= 0.6 is 0 Å². The van der Waals surface area contributed by atoms with Gasteiger partial charge in [-0.25, -0.2) is 0 Å². The molecule has 2 heterocycles. The van der Waals surface area contributed by atoms with Crippen molar-refractivity contribution in [2.75, 3.05) is 4.90 Å². The second-order valence-corrected chi connectivity index (χ2v) is 16.3. The van der Waals surface area contributed by atoms with E-state index in [-0.39, 0.29) is 0 Å². The minimum atomic E-state index is -0.516. The Morgan fingerprint density at radius 3 is 1.71 bits per heavy atom. The third-order valence-electron chi connectivity index (χ3n) is 13.1. The van der Waals surface area contributed by atoms with Crippen molar-refractivity contribution in [1.29, 1.82) is 0 Å². The van der Waals surface area contributed by atoms with Crippen molar-refractivity contribution in [3.63, 3.8) is 0 Å². The molecule has 12 aromatic rings. The van der Waals surface area contributed by atoms with Crippen LogP contribution in [-0.2, 0) is 5.41 Å². The second-order valence-electron chi connectivity index (χ2n) is 16.3. The zero-order valence-corrected chi connectivity index (χ0v) is 33.6. The van der Waals surface area contributed by atoms with E-state index >= 15 is 0 Å². The number of fused-ring (bicyclic) bond motifs is 10. The first kappa shape index (κ1) is 34.7. The molecular weight excluding hydrogens is 755 g/mol. The molecule has 0 unspecified atom stereocenters. The maximum absolute atomic E-state index is 6.98. The van der Waals surface area contributed by atoms with Crippen LogP contribution in [0.1, 0.15) is 22.3 Å². The van der Waals surface area contributed by atoms with E-state index < -0.39 is 5.41 Å². The van der Waals surface area contributed by atoms with E-state index in [1.807, 2.05) is 12.1 Å².